The summed E-state index contributed by atoms with van der Waals surface area (Å²) < 4.78 is 0. The Balaban J connectivity index is 2.15. The fraction of sp³-hybridized carbons (Fsp3) is 0.714. The molecule has 0 aromatic carbocycles. The van der Waals surface area contributed by atoms with Gasteiger partial charge in [0.15, 0.2) is 0 Å². The van der Waals surface area contributed by atoms with Gasteiger partial charge in [0.2, 0.25) is 0 Å². The van der Waals surface area contributed by atoms with E-state index in [4.69, 9.17) is 0 Å². The molecule has 0 bridgehead atoms. The van der Waals surface area contributed by atoms with Crippen LogP contribution in [0.3, 0.4) is 0 Å². The average Bonchev–Trinajstić information content (AvgIpc) is 2.04. The van der Waals surface area contributed by atoms with Crippen LogP contribution in [-0.4, -0.2) is 35.2 Å². The van der Waals surface area contributed by atoms with E-state index in [0.29, 0.717) is 6.04 Å². The van der Waals surface area contributed by atoms with Gasteiger partial charge in [-0.3, -0.25) is 4.90 Å². The van der Waals surface area contributed by atoms with E-state index < -0.39 is 0 Å². The van der Waals surface area contributed by atoms with Crippen molar-refractivity contribution in [3.8, 4) is 0 Å². The quantitative estimate of drug-likeness (QED) is 0.460. The van der Waals surface area contributed by atoms with Gasteiger partial charge in [-0.15, -0.1) is 0 Å². The standard InChI is InChI=1S/C7H11NO/c1-5-2-3-8-4-6(9)7(5)8/h2,6-7,9H,3-4H2,1H3. The smallest absolute Gasteiger partial charge is 0.0860 e. The number of rotatable bonds is 0. The first kappa shape index (κ1) is 5.45. The van der Waals surface area contributed by atoms with E-state index in [1.807, 2.05) is 0 Å². The van der Waals surface area contributed by atoms with Crippen LogP contribution >= 0.6 is 0 Å². The lowest BCUT2D eigenvalue weighted by Gasteiger charge is -2.41. The van der Waals surface area contributed by atoms with Crippen LogP contribution in [0, 0.1) is 0 Å². The van der Waals surface area contributed by atoms with Crippen molar-refractivity contribution in [3.05, 3.63) is 11.6 Å². The molecule has 2 rings (SSSR count). The van der Waals surface area contributed by atoms with E-state index in [1.54, 1.807) is 0 Å². The molecule has 0 spiro atoms. The van der Waals surface area contributed by atoms with E-state index in [9.17, 15) is 5.11 Å². The van der Waals surface area contributed by atoms with E-state index in [1.165, 1.54) is 5.57 Å². The van der Waals surface area contributed by atoms with Crippen molar-refractivity contribution in [2.45, 2.75) is 19.1 Å². The van der Waals surface area contributed by atoms with Crippen LogP contribution in [-0.2, 0) is 0 Å². The van der Waals surface area contributed by atoms with Crippen molar-refractivity contribution >= 4 is 0 Å². The number of nitrogens with zero attached hydrogens (tertiary/aromatic N) is 1. The summed E-state index contributed by atoms with van der Waals surface area (Å²) in [4.78, 5) is 2.28. The summed E-state index contributed by atoms with van der Waals surface area (Å²) in [5.41, 5.74) is 1.34. The van der Waals surface area contributed by atoms with Gasteiger partial charge in [0, 0.05) is 13.1 Å². The minimum absolute atomic E-state index is 0.0799. The Morgan fingerprint density at radius 1 is 1.78 bits per heavy atom. The van der Waals surface area contributed by atoms with Gasteiger partial charge in [0.1, 0.15) is 0 Å². The molecule has 2 atom stereocenters. The summed E-state index contributed by atoms with van der Waals surface area (Å²) in [5.74, 6) is 0. The zero-order valence-electron chi connectivity index (χ0n) is 5.54. The van der Waals surface area contributed by atoms with Crippen molar-refractivity contribution in [2.75, 3.05) is 13.1 Å². The third-order valence-electron chi connectivity index (χ3n) is 2.29. The topological polar surface area (TPSA) is 23.5 Å². The van der Waals surface area contributed by atoms with Gasteiger partial charge in [-0.1, -0.05) is 11.6 Å². The van der Waals surface area contributed by atoms with Crippen LogP contribution in [0.25, 0.3) is 0 Å². The highest BCUT2D eigenvalue weighted by Gasteiger charge is 2.40. The van der Waals surface area contributed by atoms with Crippen LogP contribution in [0.2, 0.25) is 0 Å². The van der Waals surface area contributed by atoms with Crippen LogP contribution in [0.15, 0.2) is 11.6 Å². The predicted molar refractivity (Wildman–Crippen MR) is 35.1 cm³/mol. The number of hydrogen-bond donors (Lipinski definition) is 1. The van der Waals surface area contributed by atoms with Crippen molar-refractivity contribution < 1.29 is 5.11 Å². The maximum absolute atomic E-state index is 9.21. The molecule has 1 N–H and O–H groups in total. The highest BCUT2D eigenvalue weighted by atomic mass is 16.3. The molecule has 0 aromatic rings. The molecule has 50 valence electrons. The first-order valence-corrected chi connectivity index (χ1v) is 3.38. The molecule has 0 radical (unpaired) electrons. The van der Waals surface area contributed by atoms with Gasteiger partial charge >= 0.3 is 0 Å². The van der Waals surface area contributed by atoms with Gasteiger partial charge < -0.3 is 5.11 Å². The Hall–Kier alpha value is -0.340. The fourth-order valence-electron chi connectivity index (χ4n) is 1.72. The predicted octanol–water partition coefficient (Wildman–Crippen LogP) is -0.00860. The van der Waals surface area contributed by atoms with Gasteiger partial charge in [-0.2, -0.15) is 0 Å². The molecule has 2 aliphatic rings. The monoisotopic (exact) mass is 125 g/mol. The second-order valence-electron chi connectivity index (χ2n) is 2.91. The third-order valence-corrected chi connectivity index (χ3v) is 2.29. The summed E-state index contributed by atoms with van der Waals surface area (Å²) >= 11 is 0. The largest absolute Gasteiger partial charge is 0.390 e. The molecule has 2 heterocycles. The van der Waals surface area contributed by atoms with E-state index in [-0.39, 0.29) is 6.10 Å². The van der Waals surface area contributed by atoms with Crippen LogP contribution in [0.5, 0.6) is 0 Å². The molecule has 2 unspecified atom stereocenters. The minimum atomic E-state index is -0.0799. The fourth-order valence-corrected chi connectivity index (χ4v) is 1.72. The lowest BCUT2D eigenvalue weighted by Crippen LogP contribution is -2.57. The highest BCUT2D eigenvalue weighted by molar-refractivity contribution is 5.23. The number of aliphatic hydroxyl groups excluding tert-OH is 1. The maximum atomic E-state index is 9.21. The maximum Gasteiger partial charge on any atom is 0.0860 e. The molecule has 0 aromatic heterocycles. The first-order chi connectivity index (χ1) is 4.29. The Morgan fingerprint density at radius 3 is 3.00 bits per heavy atom. The second kappa shape index (κ2) is 1.58. The Morgan fingerprint density at radius 2 is 2.56 bits per heavy atom. The third kappa shape index (κ3) is 0.575. The van der Waals surface area contributed by atoms with E-state index in [0.717, 1.165) is 13.1 Å². The summed E-state index contributed by atoms with van der Waals surface area (Å²) in [6, 6.07) is 0.380. The molecule has 1 saturated heterocycles. The van der Waals surface area contributed by atoms with Crippen molar-refractivity contribution in [1.29, 1.82) is 0 Å². The average molecular weight is 125 g/mol. The first-order valence-electron chi connectivity index (χ1n) is 3.38. The normalized spacial score (nSPS) is 41.8. The summed E-state index contributed by atoms with van der Waals surface area (Å²) in [5, 5.41) is 9.21. The number of hydrogen-bond acceptors (Lipinski definition) is 2. The second-order valence-corrected chi connectivity index (χ2v) is 2.91. The van der Waals surface area contributed by atoms with E-state index >= 15 is 0 Å². The zero-order valence-corrected chi connectivity index (χ0v) is 5.54. The molecule has 0 amide bonds. The zero-order chi connectivity index (χ0) is 6.43. The lowest BCUT2D eigenvalue weighted by molar-refractivity contribution is -0.0264. The van der Waals surface area contributed by atoms with Crippen LogP contribution in [0.4, 0.5) is 0 Å². The highest BCUT2D eigenvalue weighted by Crippen LogP contribution is 2.29. The Kier molecular flexibility index (Phi) is 0.957. The summed E-state index contributed by atoms with van der Waals surface area (Å²) in [6.45, 7) is 4.01. The summed E-state index contributed by atoms with van der Waals surface area (Å²) in [6.07, 6.45) is 2.12. The van der Waals surface area contributed by atoms with Crippen LogP contribution < -0.4 is 0 Å². The van der Waals surface area contributed by atoms with Crippen LogP contribution in [0.1, 0.15) is 6.92 Å². The van der Waals surface area contributed by atoms with Crippen molar-refractivity contribution in [3.63, 3.8) is 0 Å². The Labute approximate surface area is 54.8 Å². The minimum Gasteiger partial charge on any atom is -0.390 e. The molecule has 0 saturated carbocycles. The molecule has 0 aliphatic carbocycles. The molecule has 2 aliphatic heterocycles. The Bertz CT molecular complexity index is 164. The number of fused-ring (bicyclic) bond motifs is 1. The van der Waals surface area contributed by atoms with Gasteiger partial charge in [0.05, 0.1) is 12.1 Å². The van der Waals surface area contributed by atoms with Gasteiger partial charge in [-0.05, 0) is 6.92 Å². The van der Waals surface area contributed by atoms with Crippen molar-refractivity contribution in [1.82, 2.24) is 4.90 Å². The van der Waals surface area contributed by atoms with Gasteiger partial charge in [-0.25, -0.2) is 0 Å². The van der Waals surface area contributed by atoms with E-state index in [2.05, 4.69) is 17.9 Å². The molecule has 9 heavy (non-hydrogen) atoms. The molecule has 1 fully saturated rings. The molecular weight excluding hydrogens is 114 g/mol. The van der Waals surface area contributed by atoms with Crippen molar-refractivity contribution in [2.24, 2.45) is 0 Å². The molecular formula is C7H11NO. The molecule has 2 heteroatoms. The molecule has 2 nitrogen and oxygen atoms in total. The SMILES string of the molecule is CC1=CCN2CC(O)C12. The number of aliphatic hydroxyl groups is 1. The summed E-state index contributed by atoms with van der Waals surface area (Å²) in [7, 11) is 0. The lowest BCUT2D eigenvalue weighted by atomic mass is 9.97. The van der Waals surface area contributed by atoms with Gasteiger partial charge in [0.25, 0.3) is 0 Å².